The molecule has 1 aliphatic rings. The second kappa shape index (κ2) is 5.07. The van der Waals surface area contributed by atoms with E-state index in [0.717, 1.165) is 31.6 Å². The summed E-state index contributed by atoms with van der Waals surface area (Å²) in [7, 11) is 0. The van der Waals surface area contributed by atoms with Gasteiger partial charge in [-0.1, -0.05) is 6.92 Å². The summed E-state index contributed by atoms with van der Waals surface area (Å²) >= 11 is 0. The molecule has 0 aromatic rings. The fraction of sp³-hybridized carbons (Fsp3) is 0.875. The topological polar surface area (TPSA) is 37.3 Å². The number of rotatable bonds is 1. The van der Waals surface area contributed by atoms with Crippen LogP contribution in [0.15, 0.2) is 0 Å². The van der Waals surface area contributed by atoms with Crippen LogP contribution in [0.5, 0.6) is 0 Å². The third-order valence-corrected chi connectivity index (χ3v) is 2.37. The Kier molecular flexibility index (Phi) is 5.23. The van der Waals surface area contributed by atoms with Crippen molar-refractivity contribution in [3.8, 4) is 0 Å². The molecule has 1 N–H and O–H groups in total. The SMILES string of the molecule is CC1CCC(C(=O)O)CC1.[InH3]. The predicted molar refractivity (Wildman–Crippen MR) is 48.7 cm³/mol. The minimum atomic E-state index is -0.605. The second-order valence-corrected chi connectivity index (χ2v) is 3.30. The zero-order valence-electron chi connectivity index (χ0n) is 6.34. The van der Waals surface area contributed by atoms with Crippen molar-refractivity contribution < 1.29 is 9.90 Å². The summed E-state index contributed by atoms with van der Waals surface area (Å²) in [6, 6.07) is 0. The molecule has 0 atom stereocenters. The van der Waals surface area contributed by atoms with Gasteiger partial charge in [-0.25, -0.2) is 0 Å². The van der Waals surface area contributed by atoms with Crippen LogP contribution in [0.4, 0.5) is 0 Å². The molecule has 0 aromatic carbocycles. The quantitative estimate of drug-likeness (QED) is 0.754. The van der Waals surface area contributed by atoms with Crippen molar-refractivity contribution in [2.45, 2.75) is 32.6 Å². The Balaban J connectivity index is 0.000001000. The number of carboxylic acid groups (broad SMARTS) is 1. The fourth-order valence-corrected chi connectivity index (χ4v) is 1.51. The first-order valence-electron chi connectivity index (χ1n) is 3.93. The summed E-state index contributed by atoms with van der Waals surface area (Å²) in [5, 5.41) is 8.62. The van der Waals surface area contributed by atoms with Gasteiger partial charge in [0, 0.05) is 0 Å². The molecule has 0 saturated heterocycles. The molecule has 64 valence electrons. The minimum absolute atomic E-state index is 0. The molecular formula is C8H17InO2. The van der Waals surface area contributed by atoms with Crippen molar-refractivity contribution in [2.75, 3.05) is 0 Å². The molecule has 3 heteroatoms. The molecule has 0 aromatic heterocycles. The first-order valence-corrected chi connectivity index (χ1v) is 3.93. The van der Waals surface area contributed by atoms with Gasteiger partial charge in [-0.15, -0.1) is 0 Å². The number of hydrogen-bond acceptors (Lipinski definition) is 1. The molecule has 2 nitrogen and oxygen atoms in total. The Labute approximate surface area is 86.2 Å². The van der Waals surface area contributed by atoms with E-state index in [1.807, 2.05) is 0 Å². The summed E-state index contributed by atoms with van der Waals surface area (Å²) in [4.78, 5) is 10.5. The molecule has 11 heavy (non-hydrogen) atoms. The molecule has 1 fully saturated rings. The average molecular weight is 260 g/mol. The molecule has 1 saturated carbocycles. The summed E-state index contributed by atoms with van der Waals surface area (Å²) in [5.74, 6) is 0.0960. The predicted octanol–water partition coefficient (Wildman–Crippen LogP) is 0.713. The van der Waals surface area contributed by atoms with Gasteiger partial charge in [0.05, 0.1) is 5.92 Å². The van der Waals surface area contributed by atoms with Crippen LogP contribution < -0.4 is 0 Å². The van der Waals surface area contributed by atoms with Crippen LogP contribution in [-0.4, -0.2) is 36.9 Å². The zero-order chi connectivity index (χ0) is 7.56. The second-order valence-electron chi connectivity index (χ2n) is 3.30. The van der Waals surface area contributed by atoms with Gasteiger partial charge in [0.25, 0.3) is 0 Å². The van der Waals surface area contributed by atoms with Gasteiger partial charge in [-0.2, -0.15) is 0 Å². The normalized spacial score (nSPS) is 30.6. The molecule has 0 aliphatic heterocycles. The van der Waals surface area contributed by atoms with E-state index in [2.05, 4.69) is 6.92 Å². The van der Waals surface area contributed by atoms with E-state index in [0.29, 0.717) is 0 Å². The van der Waals surface area contributed by atoms with Crippen LogP contribution in [0.2, 0.25) is 0 Å². The number of carbonyl (C=O) groups is 1. The molecule has 0 unspecified atom stereocenters. The van der Waals surface area contributed by atoms with E-state index < -0.39 is 5.97 Å². The van der Waals surface area contributed by atoms with E-state index in [1.165, 1.54) is 0 Å². The van der Waals surface area contributed by atoms with Gasteiger partial charge >= 0.3 is 31.8 Å². The molecule has 0 heterocycles. The Morgan fingerprint density at radius 2 is 1.73 bits per heavy atom. The van der Waals surface area contributed by atoms with Crippen molar-refractivity contribution >= 4 is 31.8 Å². The van der Waals surface area contributed by atoms with Crippen molar-refractivity contribution in [1.29, 1.82) is 0 Å². The first kappa shape index (κ1) is 11.3. The molecule has 0 radical (unpaired) electrons. The molecule has 1 rings (SSSR count). The van der Waals surface area contributed by atoms with E-state index in [9.17, 15) is 4.79 Å². The van der Waals surface area contributed by atoms with Crippen LogP contribution in [0.25, 0.3) is 0 Å². The Morgan fingerprint density at radius 3 is 2.09 bits per heavy atom. The molecule has 1 aliphatic carbocycles. The van der Waals surface area contributed by atoms with Crippen LogP contribution >= 0.6 is 0 Å². The summed E-state index contributed by atoms with van der Waals surface area (Å²) in [6.45, 7) is 2.19. The van der Waals surface area contributed by atoms with Crippen LogP contribution in [0.1, 0.15) is 32.6 Å². The van der Waals surface area contributed by atoms with Gasteiger partial charge in [0.15, 0.2) is 0 Å². The monoisotopic (exact) mass is 260 g/mol. The summed E-state index contributed by atoms with van der Waals surface area (Å²) in [6.07, 6.45) is 3.96. The van der Waals surface area contributed by atoms with Crippen molar-refractivity contribution in [2.24, 2.45) is 11.8 Å². The summed E-state index contributed by atoms with van der Waals surface area (Å²) in [5.41, 5.74) is 0. The first-order chi connectivity index (χ1) is 4.70. The Hall–Kier alpha value is 0.340. The van der Waals surface area contributed by atoms with Crippen molar-refractivity contribution in [3.63, 3.8) is 0 Å². The van der Waals surface area contributed by atoms with Gasteiger partial charge in [-0.3, -0.25) is 4.79 Å². The zero-order valence-corrected chi connectivity index (χ0v) is 6.34. The van der Waals surface area contributed by atoms with E-state index in [1.54, 1.807) is 0 Å². The standard InChI is InChI=1S/C8H14O2.In.3H/c1-6-2-4-7(5-3-6)8(9)10;;;;/h6-7H,2-5H2,1H3,(H,9,10);;;;. The van der Waals surface area contributed by atoms with E-state index >= 15 is 0 Å². The molecular weight excluding hydrogens is 243 g/mol. The third kappa shape index (κ3) is 3.50. The molecule has 0 spiro atoms. The van der Waals surface area contributed by atoms with Gasteiger partial charge in [-0.05, 0) is 31.6 Å². The molecule has 0 bridgehead atoms. The molecule has 0 amide bonds. The van der Waals surface area contributed by atoms with Crippen LogP contribution in [0.3, 0.4) is 0 Å². The third-order valence-electron chi connectivity index (χ3n) is 2.37. The van der Waals surface area contributed by atoms with E-state index in [4.69, 9.17) is 5.11 Å². The van der Waals surface area contributed by atoms with Gasteiger partial charge in [0.2, 0.25) is 0 Å². The van der Waals surface area contributed by atoms with E-state index in [-0.39, 0.29) is 31.8 Å². The average Bonchev–Trinajstić information content (AvgIpc) is 1.88. The Bertz CT molecular complexity index is 128. The van der Waals surface area contributed by atoms with Crippen molar-refractivity contribution in [1.82, 2.24) is 0 Å². The van der Waals surface area contributed by atoms with Gasteiger partial charge < -0.3 is 5.11 Å². The van der Waals surface area contributed by atoms with Crippen LogP contribution in [-0.2, 0) is 4.79 Å². The number of hydrogen-bond donors (Lipinski definition) is 1. The van der Waals surface area contributed by atoms with Crippen LogP contribution in [0, 0.1) is 11.8 Å². The fourth-order valence-electron chi connectivity index (χ4n) is 1.51. The van der Waals surface area contributed by atoms with Crippen molar-refractivity contribution in [3.05, 3.63) is 0 Å². The Morgan fingerprint density at radius 1 is 1.27 bits per heavy atom. The maximum absolute atomic E-state index is 10.5. The van der Waals surface area contributed by atoms with Gasteiger partial charge in [0.1, 0.15) is 0 Å². The maximum atomic E-state index is 10.5. The summed E-state index contributed by atoms with van der Waals surface area (Å²) < 4.78 is 0. The number of aliphatic carboxylic acids is 1. The number of carboxylic acids is 1.